The normalized spacial score (nSPS) is 11.3. The number of rotatable bonds is 2. The number of fused-ring (bicyclic) bond motifs is 1. The number of hydrogen-bond acceptors (Lipinski definition) is 2. The van der Waals surface area contributed by atoms with Crippen molar-refractivity contribution in [2.24, 2.45) is 0 Å². The van der Waals surface area contributed by atoms with Crippen LogP contribution in [0.15, 0.2) is 42.5 Å². The van der Waals surface area contributed by atoms with Crippen molar-refractivity contribution in [1.29, 1.82) is 0 Å². The first-order chi connectivity index (χ1) is 10.1. The fourth-order valence-corrected chi connectivity index (χ4v) is 3.32. The maximum Gasteiger partial charge on any atom is 0.161 e. The highest BCUT2D eigenvalue weighted by atomic mass is 127. The standard InChI is InChI=1S/C17H14ClIN2/c1-10(2)15-14(19)16(18)21-17(20-15)13-8-7-11-5-3-4-6-12(11)9-13/h3-10H,1-2H3. The van der Waals surface area contributed by atoms with Gasteiger partial charge in [-0.25, -0.2) is 9.97 Å². The third kappa shape index (κ3) is 2.90. The minimum absolute atomic E-state index is 0.316. The van der Waals surface area contributed by atoms with Crippen LogP contribution in [0, 0.1) is 3.57 Å². The van der Waals surface area contributed by atoms with Gasteiger partial charge in [-0.2, -0.15) is 0 Å². The average Bonchev–Trinajstić information content (AvgIpc) is 2.49. The zero-order valence-corrected chi connectivity index (χ0v) is 14.7. The van der Waals surface area contributed by atoms with Crippen LogP contribution in [0.25, 0.3) is 22.2 Å². The van der Waals surface area contributed by atoms with Gasteiger partial charge in [0.2, 0.25) is 0 Å². The molecule has 0 bridgehead atoms. The first-order valence-corrected chi connectivity index (χ1v) is 8.24. The number of hydrogen-bond donors (Lipinski definition) is 0. The molecule has 0 unspecified atom stereocenters. The Morgan fingerprint density at radius 2 is 1.71 bits per heavy atom. The lowest BCUT2D eigenvalue weighted by Crippen LogP contribution is -2.02. The summed E-state index contributed by atoms with van der Waals surface area (Å²) < 4.78 is 0.939. The predicted octanol–water partition coefficient (Wildman–Crippen LogP) is 5.68. The topological polar surface area (TPSA) is 25.8 Å². The molecule has 21 heavy (non-hydrogen) atoms. The molecule has 0 aliphatic heterocycles. The summed E-state index contributed by atoms with van der Waals surface area (Å²) in [5, 5.41) is 2.92. The van der Waals surface area contributed by atoms with Crippen molar-refractivity contribution in [3.63, 3.8) is 0 Å². The third-order valence-electron chi connectivity index (χ3n) is 3.39. The molecule has 0 aliphatic rings. The summed E-state index contributed by atoms with van der Waals surface area (Å²) in [6.45, 7) is 4.23. The highest BCUT2D eigenvalue weighted by Crippen LogP contribution is 2.29. The SMILES string of the molecule is CC(C)c1nc(-c2ccc3ccccc3c2)nc(Cl)c1I. The third-order valence-corrected chi connectivity index (χ3v) is 5.05. The van der Waals surface area contributed by atoms with Gasteiger partial charge in [-0.3, -0.25) is 0 Å². The second-order valence-corrected chi connectivity index (χ2v) is 6.69. The minimum Gasteiger partial charge on any atom is -0.232 e. The summed E-state index contributed by atoms with van der Waals surface area (Å²) in [5.74, 6) is 1.01. The second kappa shape index (κ2) is 5.89. The van der Waals surface area contributed by atoms with Gasteiger partial charge in [0.1, 0.15) is 5.15 Å². The van der Waals surface area contributed by atoms with Gasteiger partial charge < -0.3 is 0 Å². The van der Waals surface area contributed by atoms with E-state index >= 15 is 0 Å². The van der Waals surface area contributed by atoms with Crippen molar-refractivity contribution >= 4 is 45.0 Å². The van der Waals surface area contributed by atoms with E-state index in [2.05, 4.69) is 65.7 Å². The molecule has 3 aromatic rings. The monoisotopic (exact) mass is 408 g/mol. The van der Waals surface area contributed by atoms with Crippen molar-refractivity contribution in [3.05, 3.63) is 56.9 Å². The van der Waals surface area contributed by atoms with E-state index in [1.165, 1.54) is 10.8 Å². The van der Waals surface area contributed by atoms with E-state index < -0.39 is 0 Å². The molecule has 2 aromatic carbocycles. The fourth-order valence-electron chi connectivity index (χ4n) is 2.28. The highest BCUT2D eigenvalue weighted by molar-refractivity contribution is 14.1. The van der Waals surface area contributed by atoms with Gasteiger partial charge in [-0.05, 0) is 45.3 Å². The van der Waals surface area contributed by atoms with Crippen LogP contribution in [0.4, 0.5) is 0 Å². The van der Waals surface area contributed by atoms with Crippen LogP contribution < -0.4 is 0 Å². The lowest BCUT2D eigenvalue weighted by Gasteiger charge is -2.11. The molecule has 0 atom stereocenters. The Morgan fingerprint density at radius 1 is 1.00 bits per heavy atom. The van der Waals surface area contributed by atoms with Gasteiger partial charge in [0.25, 0.3) is 0 Å². The molecule has 1 heterocycles. The summed E-state index contributed by atoms with van der Waals surface area (Å²) >= 11 is 8.49. The van der Waals surface area contributed by atoms with E-state index in [0.29, 0.717) is 16.9 Å². The lowest BCUT2D eigenvalue weighted by atomic mass is 10.1. The van der Waals surface area contributed by atoms with Crippen LogP contribution in [-0.2, 0) is 0 Å². The summed E-state index contributed by atoms with van der Waals surface area (Å²) in [6, 6.07) is 14.5. The highest BCUT2D eigenvalue weighted by Gasteiger charge is 2.14. The van der Waals surface area contributed by atoms with Gasteiger partial charge in [-0.1, -0.05) is 61.8 Å². The summed E-state index contributed by atoms with van der Waals surface area (Å²) in [4.78, 5) is 9.15. The minimum atomic E-state index is 0.316. The van der Waals surface area contributed by atoms with Gasteiger partial charge in [-0.15, -0.1) is 0 Å². The molecule has 1 aromatic heterocycles. The second-order valence-electron chi connectivity index (χ2n) is 5.25. The molecular formula is C17H14ClIN2. The molecular weight excluding hydrogens is 395 g/mol. The largest absolute Gasteiger partial charge is 0.232 e. The van der Waals surface area contributed by atoms with Gasteiger partial charge in [0, 0.05) is 5.56 Å². The van der Waals surface area contributed by atoms with E-state index in [1.54, 1.807) is 0 Å². The molecule has 3 rings (SSSR count). The Morgan fingerprint density at radius 3 is 2.43 bits per heavy atom. The van der Waals surface area contributed by atoms with E-state index in [0.717, 1.165) is 14.8 Å². The quantitative estimate of drug-likeness (QED) is 0.403. The zero-order chi connectivity index (χ0) is 15.0. The zero-order valence-electron chi connectivity index (χ0n) is 11.8. The first-order valence-electron chi connectivity index (χ1n) is 6.78. The summed E-state index contributed by atoms with van der Waals surface area (Å²) in [7, 11) is 0. The Balaban J connectivity index is 2.18. The van der Waals surface area contributed by atoms with Crippen molar-refractivity contribution < 1.29 is 0 Å². The van der Waals surface area contributed by atoms with Crippen molar-refractivity contribution in [2.45, 2.75) is 19.8 Å². The van der Waals surface area contributed by atoms with Gasteiger partial charge in [0.05, 0.1) is 9.26 Å². The average molecular weight is 409 g/mol. The molecule has 0 saturated carbocycles. The molecule has 0 N–H and O–H groups in total. The Labute approximate surface area is 142 Å². The molecule has 0 saturated heterocycles. The lowest BCUT2D eigenvalue weighted by molar-refractivity contribution is 0.808. The van der Waals surface area contributed by atoms with Crippen LogP contribution in [-0.4, -0.2) is 9.97 Å². The number of nitrogens with zero attached hydrogens (tertiary/aromatic N) is 2. The molecule has 106 valence electrons. The van der Waals surface area contributed by atoms with Crippen molar-refractivity contribution in [3.8, 4) is 11.4 Å². The van der Waals surface area contributed by atoms with E-state index in [-0.39, 0.29) is 0 Å². The van der Waals surface area contributed by atoms with Gasteiger partial charge >= 0.3 is 0 Å². The smallest absolute Gasteiger partial charge is 0.161 e. The molecule has 0 amide bonds. The number of benzene rings is 2. The van der Waals surface area contributed by atoms with Gasteiger partial charge in [0.15, 0.2) is 5.82 Å². The van der Waals surface area contributed by atoms with Crippen LogP contribution in [0.2, 0.25) is 5.15 Å². The predicted molar refractivity (Wildman–Crippen MR) is 96.8 cm³/mol. The molecule has 0 spiro atoms. The first kappa shape index (κ1) is 14.7. The Bertz CT molecular complexity index is 815. The molecule has 2 nitrogen and oxygen atoms in total. The molecule has 0 fully saturated rings. The Kier molecular flexibility index (Phi) is 4.13. The summed E-state index contributed by atoms with van der Waals surface area (Å²) in [5.41, 5.74) is 1.99. The summed E-state index contributed by atoms with van der Waals surface area (Å²) in [6.07, 6.45) is 0. The van der Waals surface area contributed by atoms with E-state index in [4.69, 9.17) is 16.6 Å². The van der Waals surface area contributed by atoms with E-state index in [1.807, 2.05) is 18.2 Å². The molecule has 0 aliphatic carbocycles. The van der Waals surface area contributed by atoms with E-state index in [9.17, 15) is 0 Å². The van der Waals surface area contributed by atoms with Crippen LogP contribution in [0.5, 0.6) is 0 Å². The maximum absolute atomic E-state index is 6.27. The van der Waals surface area contributed by atoms with Crippen LogP contribution >= 0.6 is 34.2 Å². The fraction of sp³-hybridized carbons (Fsp3) is 0.176. The van der Waals surface area contributed by atoms with Crippen LogP contribution in [0.1, 0.15) is 25.5 Å². The maximum atomic E-state index is 6.27. The number of aromatic nitrogens is 2. The molecule has 4 heteroatoms. The van der Waals surface area contributed by atoms with Crippen molar-refractivity contribution in [1.82, 2.24) is 9.97 Å². The number of halogens is 2. The Hall–Kier alpha value is -1.20. The van der Waals surface area contributed by atoms with Crippen molar-refractivity contribution in [2.75, 3.05) is 0 Å². The van der Waals surface area contributed by atoms with Crippen LogP contribution in [0.3, 0.4) is 0 Å². The molecule has 0 radical (unpaired) electrons.